The molecular formula is C14H25IN4O3S. The maximum Gasteiger partial charge on any atom is 0.215 e. The van der Waals surface area contributed by atoms with Gasteiger partial charge in [-0.15, -0.1) is 24.0 Å². The lowest BCUT2D eigenvalue weighted by Crippen LogP contribution is -2.38. The Morgan fingerprint density at radius 3 is 2.57 bits per heavy atom. The van der Waals surface area contributed by atoms with Crippen molar-refractivity contribution in [2.75, 3.05) is 34.4 Å². The second-order valence-electron chi connectivity index (χ2n) is 4.63. The maximum atomic E-state index is 11.6. The Bertz CT molecular complexity index is 593. The van der Waals surface area contributed by atoms with Crippen LogP contribution >= 0.6 is 24.0 Å². The van der Waals surface area contributed by atoms with Crippen molar-refractivity contribution in [1.29, 1.82) is 0 Å². The average Bonchev–Trinajstić information content (AvgIpc) is 2.50. The fourth-order valence-corrected chi connectivity index (χ4v) is 2.56. The predicted octanol–water partition coefficient (Wildman–Crippen LogP) is 0.665. The number of hydrogen-bond donors (Lipinski definition) is 3. The van der Waals surface area contributed by atoms with Crippen molar-refractivity contribution in [3.05, 3.63) is 35.4 Å². The summed E-state index contributed by atoms with van der Waals surface area (Å²) >= 11 is 0. The number of methoxy groups -OCH3 is 1. The van der Waals surface area contributed by atoms with E-state index in [-0.39, 0.29) is 29.7 Å². The Balaban J connectivity index is 0.00000484. The lowest BCUT2D eigenvalue weighted by Gasteiger charge is -2.12. The van der Waals surface area contributed by atoms with E-state index in [0.29, 0.717) is 25.7 Å². The van der Waals surface area contributed by atoms with Gasteiger partial charge in [0.15, 0.2) is 5.96 Å². The van der Waals surface area contributed by atoms with Gasteiger partial charge in [0.05, 0.1) is 12.4 Å². The molecule has 0 fully saturated rings. The Morgan fingerprint density at radius 2 is 1.96 bits per heavy atom. The van der Waals surface area contributed by atoms with Gasteiger partial charge in [-0.05, 0) is 18.2 Å². The van der Waals surface area contributed by atoms with Crippen LogP contribution in [0.5, 0.6) is 0 Å². The summed E-state index contributed by atoms with van der Waals surface area (Å²) in [6.45, 7) is 1.81. The lowest BCUT2D eigenvalue weighted by atomic mass is 10.1. The Kier molecular flexibility index (Phi) is 11.1. The molecule has 0 aromatic heterocycles. The van der Waals surface area contributed by atoms with Crippen LogP contribution in [0.25, 0.3) is 0 Å². The largest absolute Gasteiger partial charge is 0.383 e. The topological polar surface area (TPSA) is 91.8 Å². The van der Waals surface area contributed by atoms with E-state index in [0.717, 1.165) is 11.1 Å². The quantitative estimate of drug-likeness (QED) is 0.232. The summed E-state index contributed by atoms with van der Waals surface area (Å²) < 4.78 is 30.4. The molecule has 0 radical (unpaired) electrons. The highest BCUT2D eigenvalue weighted by Crippen LogP contribution is 2.08. The van der Waals surface area contributed by atoms with Gasteiger partial charge in [0, 0.05) is 27.2 Å². The highest BCUT2D eigenvalue weighted by atomic mass is 127. The molecule has 3 N–H and O–H groups in total. The number of guanidine groups is 1. The number of ether oxygens (including phenoxy) is 1. The number of nitrogens with zero attached hydrogens (tertiary/aromatic N) is 1. The maximum absolute atomic E-state index is 11.6. The number of nitrogens with one attached hydrogen (secondary N) is 3. The average molecular weight is 456 g/mol. The minimum absolute atomic E-state index is 0. The van der Waals surface area contributed by atoms with E-state index in [1.165, 1.54) is 7.05 Å². The first kappa shape index (κ1) is 22.1. The number of hydrogen-bond acceptors (Lipinski definition) is 4. The van der Waals surface area contributed by atoms with Gasteiger partial charge in [0.2, 0.25) is 10.0 Å². The molecule has 0 aliphatic carbocycles. The minimum atomic E-state index is -3.26. The molecule has 0 amide bonds. The van der Waals surface area contributed by atoms with Crippen molar-refractivity contribution in [2.45, 2.75) is 12.3 Å². The van der Waals surface area contributed by atoms with Gasteiger partial charge in [-0.2, -0.15) is 0 Å². The van der Waals surface area contributed by atoms with Gasteiger partial charge >= 0.3 is 0 Å². The van der Waals surface area contributed by atoms with Crippen LogP contribution < -0.4 is 15.4 Å². The molecule has 0 aliphatic rings. The molecule has 0 heterocycles. The van der Waals surface area contributed by atoms with Crippen molar-refractivity contribution >= 4 is 40.0 Å². The molecule has 0 atom stereocenters. The van der Waals surface area contributed by atoms with Crippen molar-refractivity contribution in [3.8, 4) is 0 Å². The van der Waals surface area contributed by atoms with E-state index in [1.54, 1.807) is 20.2 Å². The van der Waals surface area contributed by atoms with Crippen LogP contribution in [0.4, 0.5) is 0 Å². The summed E-state index contributed by atoms with van der Waals surface area (Å²) in [5.74, 6) is 0.642. The summed E-state index contributed by atoms with van der Waals surface area (Å²) in [6.07, 6.45) is 0. The summed E-state index contributed by atoms with van der Waals surface area (Å²) in [5, 5.41) is 6.28. The SMILES string of the molecule is CN=C(NCCOC)NCc1cccc(CS(=O)(=O)NC)c1.I. The number of rotatable bonds is 8. The van der Waals surface area contributed by atoms with Crippen LogP contribution in [0.2, 0.25) is 0 Å². The molecule has 0 unspecified atom stereocenters. The fraction of sp³-hybridized carbons (Fsp3) is 0.500. The van der Waals surface area contributed by atoms with Crippen LogP contribution in [0, 0.1) is 0 Å². The molecule has 23 heavy (non-hydrogen) atoms. The van der Waals surface area contributed by atoms with Gasteiger partial charge in [-0.25, -0.2) is 13.1 Å². The molecule has 132 valence electrons. The van der Waals surface area contributed by atoms with E-state index in [2.05, 4.69) is 20.3 Å². The zero-order chi connectivity index (χ0) is 16.4. The van der Waals surface area contributed by atoms with Crippen LogP contribution in [0.15, 0.2) is 29.3 Å². The molecule has 0 aliphatic heterocycles. The Labute approximate surface area is 155 Å². The summed E-state index contributed by atoms with van der Waals surface area (Å²) in [4.78, 5) is 4.10. The molecule has 1 rings (SSSR count). The first-order chi connectivity index (χ1) is 10.5. The van der Waals surface area contributed by atoms with Gasteiger partial charge in [0.1, 0.15) is 0 Å². The molecular weight excluding hydrogens is 431 g/mol. The molecule has 1 aromatic rings. The second kappa shape index (κ2) is 11.6. The first-order valence-electron chi connectivity index (χ1n) is 6.93. The molecule has 0 saturated heterocycles. The number of sulfonamides is 1. The highest BCUT2D eigenvalue weighted by molar-refractivity contribution is 14.0. The molecule has 0 bridgehead atoms. The molecule has 0 spiro atoms. The first-order valence-corrected chi connectivity index (χ1v) is 8.58. The van der Waals surface area contributed by atoms with Gasteiger partial charge in [0.25, 0.3) is 0 Å². The Morgan fingerprint density at radius 1 is 1.26 bits per heavy atom. The number of aliphatic imine (C=N–C) groups is 1. The Hall–Kier alpha value is -0.910. The van der Waals surface area contributed by atoms with Crippen LogP contribution in [-0.2, 0) is 27.1 Å². The summed E-state index contributed by atoms with van der Waals surface area (Å²) in [6, 6.07) is 7.44. The van der Waals surface area contributed by atoms with E-state index in [4.69, 9.17) is 4.74 Å². The lowest BCUT2D eigenvalue weighted by molar-refractivity contribution is 0.203. The zero-order valence-electron chi connectivity index (χ0n) is 13.6. The van der Waals surface area contributed by atoms with Gasteiger partial charge < -0.3 is 15.4 Å². The van der Waals surface area contributed by atoms with Crippen molar-refractivity contribution in [1.82, 2.24) is 15.4 Å². The van der Waals surface area contributed by atoms with E-state index in [1.807, 2.05) is 18.2 Å². The minimum Gasteiger partial charge on any atom is -0.383 e. The predicted molar refractivity (Wildman–Crippen MR) is 104 cm³/mol. The van der Waals surface area contributed by atoms with Gasteiger partial charge in [-0.3, -0.25) is 4.99 Å². The van der Waals surface area contributed by atoms with E-state index < -0.39 is 10.0 Å². The van der Waals surface area contributed by atoms with E-state index in [9.17, 15) is 8.42 Å². The van der Waals surface area contributed by atoms with Crippen LogP contribution in [0.1, 0.15) is 11.1 Å². The highest BCUT2D eigenvalue weighted by Gasteiger charge is 2.08. The van der Waals surface area contributed by atoms with E-state index >= 15 is 0 Å². The molecule has 7 nitrogen and oxygen atoms in total. The standard InChI is InChI=1S/C14H24N4O3S.HI/c1-15-14(17-7-8-21-3)18-10-12-5-4-6-13(9-12)11-22(19,20)16-2;/h4-6,9,16H,7-8,10-11H2,1-3H3,(H2,15,17,18);1H. The summed E-state index contributed by atoms with van der Waals surface area (Å²) in [5.41, 5.74) is 1.73. The monoisotopic (exact) mass is 456 g/mol. The molecule has 0 saturated carbocycles. The zero-order valence-corrected chi connectivity index (χ0v) is 16.8. The molecule has 9 heteroatoms. The van der Waals surface area contributed by atoms with Crippen molar-refractivity contribution in [3.63, 3.8) is 0 Å². The second-order valence-corrected chi connectivity index (χ2v) is 6.55. The normalized spacial score (nSPS) is 11.7. The van der Waals surface area contributed by atoms with Crippen molar-refractivity contribution < 1.29 is 13.2 Å². The van der Waals surface area contributed by atoms with Crippen LogP contribution in [-0.4, -0.2) is 48.7 Å². The number of halogens is 1. The smallest absolute Gasteiger partial charge is 0.215 e. The van der Waals surface area contributed by atoms with Gasteiger partial charge in [-0.1, -0.05) is 24.3 Å². The van der Waals surface area contributed by atoms with Crippen LogP contribution in [0.3, 0.4) is 0 Å². The molecule has 1 aromatic carbocycles. The third kappa shape index (κ3) is 9.08. The van der Waals surface area contributed by atoms with Crippen molar-refractivity contribution in [2.24, 2.45) is 4.99 Å². The summed E-state index contributed by atoms with van der Waals surface area (Å²) in [7, 11) is 1.49. The number of benzene rings is 1. The third-order valence-electron chi connectivity index (χ3n) is 2.94. The third-order valence-corrected chi connectivity index (χ3v) is 4.28. The fourth-order valence-electron chi connectivity index (χ4n) is 1.80.